The predicted molar refractivity (Wildman–Crippen MR) is 159 cm³/mol. The monoisotopic (exact) mass is 652 g/mol. The van der Waals surface area contributed by atoms with Gasteiger partial charge < -0.3 is 34.5 Å². The molecule has 2 aromatic carbocycles. The largest absolute Gasteiger partial charge is 0.462 e. The molecule has 0 spiro atoms. The molecule has 1 aliphatic heterocycles. The highest BCUT2D eigenvalue weighted by Crippen LogP contribution is 2.50. The van der Waals surface area contributed by atoms with E-state index in [0.717, 1.165) is 15.3 Å². The number of aliphatic hydroxyl groups excluding tert-OH is 2. The number of rotatable bonds is 11. The summed E-state index contributed by atoms with van der Waals surface area (Å²) in [6.45, 7) is -0.114. The molecule has 6 unspecified atom stereocenters. The Morgan fingerprint density at radius 2 is 1.91 bits per heavy atom. The van der Waals surface area contributed by atoms with Crippen molar-refractivity contribution in [2.24, 2.45) is 0 Å². The second kappa shape index (κ2) is 12.6. The lowest BCUT2D eigenvalue weighted by molar-refractivity contribution is -0.191. The molecule has 44 heavy (non-hydrogen) atoms. The number of ether oxygens (including phenoxy) is 2. The first kappa shape index (κ1) is 32.0. The summed E-state index contributed by atoms with van der Waals surface area (Å²) in [7, 11) is 0. The van der Waals surface area contributed by atoms with Crippen molar-refractivity contribution in [3.8, 4) is 5.75 Å². The second-order valence-corrected chi connectivity index (χ2v) is 13.6. The number of halogens is 2. The van der Waals surface area contributed by atoms with Crippen LogP contribution in [0.5, 0.6) is 5.75 Å². The number of aliphatic hydroxyl groups is 2. The van der Waals surface area contributed by atoms with Crippen LogP contribution in [0.3, 0.4) is 0 Å². The van der Waals surface area contributed by atoms with Crippen LogP contribution in [-0.2, 0) is 30.6 Å². The summed E-state index contributed by atoms with van der Waals surface area (Å²) in [6.07, 6.45) is -7.09. The van der Waals surface area contributed by atoms with Gasteiger partial charge in [-0.15, -0.1) is 0 Å². The van der Waals surface area contributed by atoms with Crippen LogP contribution in [-0.4, -0.2) is 78.7 Å². The number of hydrogen-bond acceptors (Lipinski definition) is 12. The maximum atomic E-state index is 14.8. The molecule has 0 amide bonds. The van der Waals surface area contributed by atoms with Crippen molar-refractivity contribution in [1.29, 1.82) is 0 Å². The first-order valence-electron chi connectivity index (χ1n) is 13.5. The Kier molecular flexibility index (Phi) is 9.14. The maximum Gasteiger partial charge on any atom is 0.323 e. The lowest BCUT2D eigenvalue weighted by Crippen LogP contribution is -2.53. The summed E-state index contributed by atoms with van der Waals surface area (Å²) in [5.41, 5.74) is 3.39. The van der Waals surface area contributed by atoms with Gasteiger partial charge in [0, 0.05) is 0 Å². The molecule has 13 nitrogen and oxygen atoms in total. The number of hydrogen-bond donors (Lipinski definition) is 4. The summed E-state index contributed by atoms with van der Waals surface area (Å²) < 4.78 is 53.6. The minimum atomic E-state index is -3.86. The van der Waals surface area contributed by atoms with E-state index in [-0.39, 0.29) is 22.7 Å². The van der Waals surface area contributed by atoms with Crippen molar-refractivity contribution in [3.05, 3.63) is 55.1 Å². The van der Waals surface area contributed by atoms with Crippen LogP contribution in [0, 0.1) is 0 Å². The molecule has 0 radical (unpaired) electrons. The van der Waals surface area contributed by atoms with Gasteiger partial charge >= 0.3 is 12.6 Å². The third kappa shape index (κ3) is 6.24. The summed E-state index contributed by atoms with van der Waals surface area (Å²) in [5.74, 6) is -0.487. The summed E-state index contributed by atoms with van der Waals surface area (Å²) in [5, 5.41) is 26.4. The molecular formula is C27H31F2N6O7PS. The smallest absolute Gasteiger partial charge is 0.323 e. The topological polar surface area (TPSA) is 176 Å². The van der Waals surface area contributed by atoms with Gasteiger partial charge in [0.25, 0.3) is 6.43 Å². The number of nitrogens with two attached hydrogens (primary N) is 1. The number of esters is 1. The van der Waals surface area contributed by atoms with Crippen LogP contribution in [0.2, 0.25) is 0 Å². The average molecular weight is 653 g/mol. The molecule has 5 N–H and O–H groups in total. The first-order chi connectivity index (χ1) is 20.8. The number of anilines is 1. The van der Waals surface area contributed by atoms with Crippen molar-refractivity contribution < 1.29 is 42.3 Å². The lowest BCUT2D eigenvalue weighted by Gasteiger charge is -2.34. The number of alkyl halides is 2. The normalized spacial score (nSPS) is 24.2. The molecule has 3 heterocycles. The van der Waals surface area contributed by atoms with Crippen molar-refractivity contribution >= 4 is 52.2 Å². The molecule has 1 fully saturated rings. The number of nitrogens with zero attached hydrogens (tertiary/aromatic N) is 4. The van der Waals surface area contributed by atoms with Gasteiger partial charge in [-0.2, -0.15) is 0 Å². The van der Waals surface area contributed by atoms with Crippen LogP contribution in [0.1, 0.15) is 27.0 Å². The van der Waals surface area contributed by atoms with E-state index in [9.17, 15) is 23.8 Å². The highest BCUT2D eigenvalue weighted by atomic mass is 32.5. The molecule has 5 rings (SSSR count). The number of nitrogen functional groups attached to an aromatic ring is 1. The fourth-order valence-electron chi connectivity index (χ4n) is 4.75. The number of benzene rings is 2. The lowest BCUT2D eigenvalue weighted by atomic mass is 9.96. The van der Waals surface area contributed by atoms with Gasteiger partial charge in [0.05, 0.1) is 12.7 Å². The molecule has 236 valence electrons. The van der Waals surface area contributed by atoms with E-state index in [0.29, 0.717) is 0 Å². The Balaban J connectivity index is 1.45. The van der Waals surface area contributed by atoms with Gasteiger partial charge in [-0.1, -0.05) is 30.3 Å². The SMILES string of the molecule is CC(C)OC(=O)C(C)NP(=S)(OCC1(C(F)F)OC(n2cnc3ncnc(N)c32)C(O)C1O)Oc1ccc2ccccc2c1. The molecule has 6 atom stereocenters. The van der Waals surface area contributed by atoms with Gasteiger partial charge in [0.1, 0.15) is 42.2 Å². The van der Waals surface area contributed by atoms with E-state index >= 15 is 0 Å². The number of fused-ring (bicyclic) bond motifs is 2. The van der Waals surface area contributed by atoms with Gasteiger partial charge in [-0.05, 0) is 55.5 Å². The molecular weight excluding hydrogens is 621 g/mol. The minimum Gasteiger partial charge on any atom is -0.462 e. The molecule has 0 aliphatic carbocycles. The van der Waals surface area contributed by atoms with Crippen molar-refractivity contribution in [2.45, 2.75) is 63.4 Å². The maximum absolute atomic E-state index is 14.8. The second-order valence-electron chi connectivity index (χ2n) is 10.5. The number of imidazole rings is 1. The summed E-state index contributed by atoms with van der Waals surface area (Å²) in [6, 6.07) is 11.4. The van der Waals surface area contributed by atoms with Crippen LogP contribution in [0.25, 0.3) is 21.9 Å². The zero-order chi connectivity index (χ0) is 31.8. The van der Waals surface area contributed by atoms with E-state index in [1.54, 1.807) is 32.0 Å². The standard InChI is InChI=1S/C27H31F2N6O7PS/c1-14(2)40-25(38)15(3)34-43(44,42-18-9-8-16-6-4-5-7-17(16)10-18)39-11-27(26(28)29)21(37)20(36)24(41-27)35-13-33-23-19(35)22(30)31-12-32-23/h4-10,12-15,20-21,24,26,36-37H,11H2,1-3H3,(H,34,44)(H2,30,31,32). The molecule has 2 aromatic heterocycles. The number of aromatic nitrogens is 4. The Bertz CT molecular complexity index is 1710. The zero-order valence-electron chi connectivity index (χ0n) is 23.8. The fourth-order valence-corrected chi connectivity index (χ4v) is 7.16. The van der Waals surface area contributed by atoms with Crippen LogP contribution in [0.15, 0.2) is 55.1 Å². The molecule has 0 bridgehead atoms. The van der Waals surface area contributed by atoms with E-state index in [1.165, 1.54) is 19.6 Å². The zero-order valence-corrected chi connectivity index (χ0v) is 25.5. The number of carbonyl (C=O) groups is 1. The number of carbonyl (C=O) groups excluding carboxylic acids is 1. The minimum absolute atomic E-state index is 0.0469. The molecule has 17 heteroatoms. The van der Waals surface area contributed by atoms with Crippen LogP contribution < -0.4 is 15.3 Å². The third-order valence-electron chi connectivity index (χ3n) is 6.96. The predicted octanol–water partition coefficient (Wildman–Crippen LogP) is 3.07. The number of nitrogens with one attached hydrogen (secondary N) is 1. The molecule has 1 aliphatic rings. The van der Waals surface area contributed by atoms with Crippen molar-refractivity contribution in [1.82, 2.24) is 24.6 Å². The van der Waals surface area contributed by atoms with Crippen molar-refractivity contribution in [2.75, 3.05) is 12.3 Å². The molecule has 4 aromatic rings. The average Bonchev–Trinajstić information content (AvgIpc) is 3.51. The first-order valence-corrected chi connectivity index (χ1v) is 16.1. The fraction of sp³-hybridized carbons (Fsp3) is 0.407. The Labute approximate surface area is 255 Å². The molecule has 0 saturated carbocycles. The quantitative estimate of drug-likeness (QED) is 0.138. The van der Waals surface area contributed by atoms with Crippen LogP contribution >= 0.6 is 6.64 Å². The van der Waals surface area contributed by atoms with E-state index in [1.807, 2.05) is 24.3 Å². The van der Waals surface area contributed by atoms with E-state index in [4.69, 9.17) is 36.1 Å². The Morgan fingerprint density at radius 3 is 2.61 bits per heavy atom. The third-order valence-corrected chi connectivity index (χ3v) is 9.44. The van der Waals surface area contributed by atoms with Crippen molar-refractivity contribution in [3.63, 3.8) is 0 Å². The Morgan fingerprint density at radius 1 is 1.18 bits per heavy atom. The highest BCUT2D eigenvalue weighted by Gasteiger charge is 2.61. The van der Waals surface area contributed by atoms with Gasteiger partial charge in [0.15, 0.2) is 23.3 Å². The van der Waals surface area contributed by atoms with Gasteiger partial charge in [-0.25, -0.2) is 28.8 Å². The summed E-state index contributed by atoms with van der Waals surface area (Å²) >= 11 is 5.70. The highest BCUT2D eigenvalue weighted by molar-refractivity contribution is 8.09. The van der Waals surface area contributed by atoms with Gasteiger partial charge in [0.2, 0.25) is 0 Å². The Hall–Kier alpha value is -3.37. The summed E-state index contributed by atoms with van der Waals surface area (Å²) in [4.78, 5) is 24.5. The van der Waals surface area contributed by atoms with E-state index < -0.39 is 61.8 Å². The van der Waals surface area contributed by atoms with Crippen LogP contribution in [0.4, 0.5) is 14.6 Å². The molecule has 1 saturated heterocycles. The van der Waals surface area contributed by atoms with Gasteiger partial charge in [-0.3, -0.25) is 9.36 Å². The van der Waals surface area contributed by atoms with E-state index in [2.05, 4.69) is 20.0 Å².